The van der Waals surface area contributed by atoms with Gasteiger partial charge in [0.05, 0.1) is 0 Å². The molecule has 0 aromatic carbocycles. The molecule has 0 radical (unpaired) electrons. The van der Waals surface area contributed by atoms with Crippen LogP contribution in [0.25, 0.3) is 0 Å². The van der Waals surface area contributed by atoms with Gasteiger partial charge in [-0.05, 0) is 6.92 Å². The van der Waals surface area contributed by atoms with E-state index in [-0.39, 0.29) is 0 Å². The van der Waals surface area contributed by atoms with Crippen LogP contribution in [0.15, 0.2) is 0 Å². The van der Waals surface area contributed by atoms with E-state index < -0.39 is 50.4 Å². The summed E-state index contributed by atoms with van der Waals surface area (Å²) in [6, 6.07) is 0. The Hall–Kier alpha value is -0.680. The van der Waals surface area contributed by atoms with Crippen LogP contribution in [0.2, 0.25) is 0 Å². The van der Waals surface area contributed by atoms with E-state index in [1.54, 1.807) is 0 Å². The van der Waals surface area contributed by atoms with Gasteiger partial charge in [-0.2, -0.15) is 43.2 Å². The second-order valence-corrected chi connectivity index (χ2v) is 6.22. The summed E-state index contributed by atoms with van der Waals surface area (Å²) >= 11 is 0. The molecule has 0 atom stereocenters. The van der Waals surface area contributed by atoms with Gasteiger partial charge in [0.2, 0.25) is 0 Å². The fourth-order valence-corrected chi connectivity index (χ4v) is 1.24. The highest BCUT2D eigenvalue weighted by molar-refractivity contribution is 7.86. The maximum atomic E-state index is 11.0. The van der Waals surface area contributed by atoms with Crippen LogP contribution < -0.4 is 0 Å². The zero-order valence-electron chi connectivity index (χ0n) is 10.5. The van der Waals surface area contributed by atoms with E-state index in [1.165, 1.54) is 6.92 Å². The largest absolute Gasteiger partial charge is 0.405 e. The number of halogens is 6. The molecular weight excluding hydrogens is 378 g/mol. The van der Waals surface area contributed by atoms with Crippen LogP contribution in [0.1, 0.15) is 6.92 Å². The summed E-state index contributed by atoms with van der Waals surface area (Å²) in [5, 5.41) is 15.2. The third kappa shape index (κ3) is 50.6. The molecule has 8 nitrogen and oxygen atoms in total. The van der Waals surface area contributed by atoms with E-state index in [0.29, 0.717) is 0 Å². The monoisotopic (exact) mass is 390 g/mol. The molecule has 138 valence electrons. The van der Waals surface area contributed by atoms with Gasteiger partial charge in [0.1, 0.15) is 6.29 Å². The van der Waals surface area contributed by atoms with E-state index in [0.717, 1.165) is 0 Å². The van der Waals surface area contributed by atoms with E-state index >= 15 is 0 Å². The van der Waals surface area contributed by atoms with Crippen LogP contribution >= 0.6 is 0 Å². The van der Waals surface area contributed by atoms with E-state index in [9.17, 15) is 43.2 Å². The Morgan fingerprint density at radius 1 is 0.773 bits per heavy atom. The van der Waals surface area contributed by atoms with Crippen LogP contribution in [0.4, 0.5) is 26.3 Å². The van der Waals surface area contributed by atoms with Gasteiger partial charge in [0, 0.05) is 0 Å². The first kappa shape index (κ1) is 26.2. The first-order chi connectivity index (χ1) is 9.15. The van der Waals surface area contributed by atoms with Crippen molar-refractivity contribution in [2.75, 3.05) is 11.5 Å². The average Bonchev–Trinajstić information content (AvgIpc) is 1.84. The highest BCUT2D eigenvalue weighted by Crippen LogP contribution is 2.16. The molecule has 0 aliphatic rings. The van der Waals surface area contributed by atoms with Gasteiger partial charge in [-0.15, -0.1) is 0 Å². The molecule has 0 saturated carbocycles. The zero-order chi connectivity index (χ0) is 19.0. The third-order valence-corrected chi connectivity index (χ3v) is 2.08. The number of hydrogen-bond donors (Lipinski definition) is 4. The smallest absolute Gasteiger partial charge is 0.368 e. The lowest BCUT2D eigenvalue weighted by atomic mass is 10.8. The quantitative estimate of drug-likeness (QED) is 0.297. The molecule has 0 spiro atoms. The minimum Gasteiger partial charge on any atom is -0.368 e. The molecule has 0 fully saturated rings. The number of alkyl halides is 6. The number of hydrogen-bond acceptors (Lipinski definition) is 6. The van der Waals surface area contributed by atoms with Crippen LogP contribution in [0, 0.1) is 0 Å². The topological polar surface area (TPSA) is 149 Å². The van der Waals surface area contributed by atoms with E-state index in [1.807, 2.05) is 0 Å². The highest BCUT2D eigenvalue weighted by atomic mass is 32.2. The molecule has 0 aliphatic carbocycles. The SMILES string of the molecule is CC(O)O.O=S(=O)(O)CC(F)(F)F.O=S(=O)(O)CC(F)(F)F. The molecule has 0 rings (SSSR count). The normalized spacial score (nSPS) is 12.9. The summed E-state index contributed by atoms with van der Waals surface area (Å²) in [4.78, 5) is 0. The van der Waals surface area contributed by atoms with Crippen molar-refractivity contribution in [3.63, 3.8) is 0 Å². The third-order valence-electron chi connectivity index (χ3n) is 0.692. The Bertz CT molecular complexity index is 443. The van der Waals surface area contributed by atoms with Crippen LogP contribution in [0.5, 0.6) is 0 Å². The van der Waals surface area contributed by atoms with Gasteiger partial charge in [-0.3, -0.25) is 9.11 Å². The summed E-state index contributed by atoms with van der Waals surface area (Å²) in [5.41, 5.74) is 0. The molecule has 0 aromatic heterocycles. The van der Waals surface area contributed by atoms with Crippen molar-refractivity contribution in [3.05, 3.63) is 0 Å². The minimum absolute atomic E-state index is 1.17. The van der Waals surface area contributed by atoms with Crippen molar-refractivity contribution in [1.29, 1.82) is 0 Å². The minimum atomic E-state index is -4.91. The predicted molar refractivity (Wildman–Crippen MR) is 58.8 cm³/mol. The van der Waals surface area contributed by atoms with Crippen molar-refractivity contribution in [3.8, 4) is 0 Å². The van der Waals surface area contributed by atoms with E-state index in [4.69, 9.17) is 19.3 Å². The average molecular weight is 390 g/mol. The fraction of sp³-hybridized carbons (Fsp3) is 1.00. The molecule has 22 heavy (non-hydrogen) atoms. The van der Waals surface area contributed by atoms with Gasteiger partial charge in [0.25, 0.3) is 20.2 Å². The lowest BCUT2D eigenvalue weighted by Gasteiger charge is -2.00. The van der Waals surface area contributed by atoms with Gasteiger partial charge in [-0.1, -0.05) is 0 Å². The predicted octanol–water partition coefficient (Wildman–Crippen LogP) is 0.190. The summed E-state index contributed by atoms with van der Waals surface area (Å²) in [7, 11) is -9.81. The van der Waals surface area contributed by atoms with Crippen LogP contribution in [-0.4, -0.2) is 66.3 Å². The number of rotatable bonds is 2. The lowest BCUT2D eigenvalue weighted by Crippen LogP contribution is -2.21. The Kier molecular flexibility index (Phi) is 11.3. The molecule has 4 N–H and O–H groups in total. The van der Waals surface area contributed by atoms with Crippen molar-refractivity contribution in [2.45, 2.75) is 25.6 Å². The van der Waals surface area contributed by atoms with Gasteiger partial charge >= 0.3 is 12.4 Å². The van der Waals surface area contributed by atoms with Crippen LogP contribution in [-0.2, 0) is 20.2 Å². The lowest BCUT2D eigenvalue weighted by molar-refractivity contribution is -0.108. The summed E-state index contributed by atoms with van der Waals surface area (Å²) in [5.74, 6) is -4.36. The number of aliphatic hydroxyl groups excluding tert-OH is 1. The Morgan fingerprint density at radius 2 is 0.909 bits per heavy atom. The van der Waals surface area contributed by atoms with Crippen molar-refractivity contribution in [2.24, 2.45) is 0 Å². The molecule has 0 saturated heterocycles. The Balaban J connectivity index is -0.000000266. The molecule has 0 heterocycles. The molecular formula is C6H12F6O8S2. The van der Waals surface area contributed by atoms with Gasteiger partial charge in [0.15, 0.2) is 11.5 Å². The summed E-state index contributed by atoms with van der Waals surface area (Å²) < 4.78 is 119. The van der Waals surface area contributed by atoms with Gasteiger partial charge < -0.3 is 10.2 Å². The Morgan fingerprint density at radius 3 is 0.909 bits per heavy atom. The van der Waals surface area contributed by atoms with Gasteiger partial charge in [-0.25, -0.2) is 0 Å². The maximum absolute atomic E-state index is 11.0. The van der Waals surface area contributed by atoms with E-state index in [2.05, 4.69) is 0 Å². The van der Waals surface area contributed by atoms with Crippen molar-refractivity contribution < 1.29 is 62.5 Å². The fourth-order valence-electron chi connectivity index (χ4n) is 0.414. The first-order valence-electron chi connectivity index (χ1n) is 4.54. The molecule has 0 amide bonds. The summed E-state index contributed by atoms with van der Waals surface area (Å²) in [6.07, 6.45) is -10.9. The highest BCUT2D eigenvalue weighted by Gasteiger charge is 2.34. The maximum Gasteiger partial charge on any atom is 0.405 e. The molecule has 16 heteroatoms. The first-order valence-corrected chi connectivity index (χ1v) is 7.76. The standard InChI is InChI=1S/2C2H3F3O3S.C2H6O2/c2*3-2(4,5)1-9(6,7)8;1-2(3)4/h2*1H2,(H,6,7,8);2-4H,1H3. The Labute approximate surface area is 120 Å². The zero-order valence-corrected chi connectivity index (χ0v) is 12.1. The molecule has 0 bridgehead atoms. The van der Waals surface area contributed by atoms with Crippen molar-refractivity contribution in [1.82, 2.24) is 0 Å². The van der Waals surface area contributed by atoms with Crippen molar-refractivity contribution >= 4 is 20.2 Å². The molecule has 0 aromatic rings. The molecule has 0 aliphatic heterocycles. The second-order valence-electron chi connectivity index (χ2n) is 3.31. The molecule has 0 unspecified atom stereocenters. The second kappa shape index (κ2) is 9.46. The summed E-state index contributed by atoms with van der Waals surface area (Å²) in [6.45, 7) is 1.28. The number of aliphatic hydroxyl groups is 2. The van der Waals surface area contributed by atoms with Crippen LogP contribution in [0.3, 0.4) is 0 Å².